The monoisotopic (exact) mass is 669 g/mol. The fraction of sp³-hybridized carbons (Fsp3) is 0.674. The van der Waals surface area contributed by atoms with Crippen LogP contribution >= 0.6 is 0 Å². The van der Waals surface area contributed by atoms with Gasteiger partial charge < -0.3 is 14.6 Å². The molecule has 0 fully saturated rings. The van der Waals surface area contributed by atoms with Crippen LogP contribution in [0.3, 0.4) is 0 Å². The lowest BCUT2D eigenvalue weighted by Crippen LogP contribution is -2.28. The molecular formula is C43H72O5. The fourth-order valence-corrected chi connectivity index (χ4v) is 5.00. The van der Waals surface area contributed by atoms with Gasteiger partial charge in [0.1, 0.15) is 6.61 Å². The van der Waals surface area contributed by atoms with Gasteiger partial charge in [0.15, 0.2) is 6.10 Å². The lowest BCUT2D eigenvalue weighted by atomic mass is 10.1. The third kappa shape index (κ3) is 36.2. The minimum absolute atomic E-state index is 0.112. The predicted molar refractivity (Wildman–Crippen MR) is 205 cm³/mol. The third-order valence-corrected chi connectivity index (χ3v) is 7.99. The molecule has 0 bridgehead atoms. The zero-order valence-corrected chi connectivity index (χ0v) is 31.0. The second-order valence-electron chi connectivity index (χ2n) is 12.6. The maximum atomic E-state index is 12.1. The molecule has 0 radical (unpaired) electrons. The van der Waals surface area contributed by atoms with Gasteiger partial charge in [0.2, 0.25) is 0 Å². The Labute approximate surface area is 295 Å². The molecule has 0 aromatic carbocycles. The molecule has 1 N–H and O–H groups in total. The van der Waals surface area contributed by atoms with Crippen molar-refractivity contribution in [3.63, 3.8) is 0 Å². The number of hydrogen-bond acceptors (Lipinski definition) is 5. The molecular weight excluding hydrogens is 596 g/mol. The SMILES string of the molecule is CCCCC/C=C\C/C=C\C/C=C\C/C=C\C/C=C\CCC(=O)OC[C@H](CO)OC(=O)CCCCCCC/C=C\CCCCCCCC. The standard InChI is InChI=1S/C43H72O5/c1-3-5-7-9-11-13-15-17-19-20-21-22-24-25-27-29-31-33-35-37-42(45)47-40-41(39-44)48-43(46)38-36-34-32-30-28-26-23-18-16-14-12-10-8-6-4-2/h11,13,17-19,21-23,25,27,31,33,41,44H,3-10,12,14-16,20,24,26,28-30,32,34-40H2,1-2H3/b13-11-,19-17-,22-21-,23-18-,27-25-,33-31-/t41-/m0/s1. The minimum atomic E-state index is -0.808. The van der Waals surface area contributed by atoms with Crippen molar-refractivity contribution in [1.82, 2.24) is 0 Å². The Bertz CT molecular complexity index is 895. The second-order valence-corrected chi connectivity index (χ2v) is 12.6. The van der Waals surface area contributed by atoms with Crippen molar-refractivity contribution in [2.45, 2.75) is 174 Å². The van der Waals surface area contributed by atoms with Gasteiger partial charge in [-0.25, -0.2) is 0 Å². The van der Waals surface area contributed by atoms with Crippen molar-refractivity contribution >= 4 is 11.9 Å². The largest absolute Gasteiger partial charge is 0.462 e. The first kappa shape index (κ1) is 45.3. The van der Waals surface area contributed by atoms with E-state index in [0.29, 0.717) is 12.8 Å². The molecule has 0 aliphatic carbocycles. The molecule has 0 saturated carbocycles. The van der Waals surface area contributed by atoms with Crippen molar-refractivity contribution in [3.8, 4) is 0 Å². The van der Waals surface area contributed by atoms with E-state index in [1.54, 1.807) is 0 Å². The van der Waals surface area contributed by atoms with E-state index in [4.69, 9.17) is 9.47 Å². The molecule has 0 saturated heterocycles. The van der Waals surface area contributed by atoms with E-state index in [1.165, 1.54) is 83.5 Å². The van der Waals surface area contributed by atoms with Crippen LogP contribution in [0.5, 0.6) is 0 Å². The molecule has 0 heterocycles. The molecule has 5 nitrogen and oxygen atoms in total. The van der Waals surface area contributed by atoms with Gasteiger partial charge >= 0.3 is 11.9 Å². The van der Waals surface area contributed by atoms with Crippen LogP contribution in [0.15, 0.2) is 72.9 Å². The number of esters is 2. The first-order valence-electron chi connectivity index (χ1n) is 19.5. The number of carbonyl (C=O) groups is 2. The van der Waals surface area contributed by atoms with Crippen LogP contribution < -0.4 is 0 Å². The summed E-state index contributed by atoms with van der Waals surface area (Å²) < 4.78 is 10.5. The summed E-state index contributed by atoms with van der Waals surface area (Å²) in [6.07, 6.45) is 51.1. The molecule has 48 heavy (non-hydrogen) atoms. The fourth-order valence-electron chi connectivity index (χ4n) is 5.00. The Hall–Kier alpha value is -2.66. The summed E-state index contributed by atoms with van der Waals surface area (Å²) in [7, 11) is 0. The zero-order valence-electron chi connectivity index (χ0n) is 31.0. The average Bonchev–Trinajstić information content (AvgIpc) is 3.09. The summed E-state index contributed by atoms with van der Waals surface area (Å²) in [6.45, 7) is 4.02. The van der Waals surface area contributed by atoms with E-state index in [0.717, 1.165) is 51.4 Å². The predicted octanol–water partition coefficient (Wildman–Crippen LogP) is 12.2. The molecule has 0 aliphatic rings. The molecule has 0 rings (SSSR count). The van der Waals surface area contributed by atoms with Gasteiger partial charge in [0.25, 0.3) is 0 Å². The number of aliphatic hydroxyl groups excluding tert-OH is 1. The quantitative estimate of drug-likeness (QED) is 0.0420. The first-order chi connectivity index (χ1) is 23.6. The van der Waals surface area contributed by atoms with Crippen molar-refractivity contribution in [2.24, 2.45) is 0 Å². The van der Waals surface area contributed by atoms with E-state index in [1.807, 2.05) is 12.2 Å². The Morgan fingerprint density at radius 2 is 0.875 bits per heavy atom. The average molecular weight is 669 g/mol. The third-order valence-electron chi connectivity index (χ3n) is 7.99. The van der Waals surface area contributed by atoms with Crippen LogP contribution in [-0.2, 0) is 19.1 Å². The highest BCUT2D eigenvalue weighted by molar-refractivity contribution is 5.70. The number of carbonyl (C=O) groups excluding carboxylic acids is 2. The van der Waals surface area contributed by atoms with E-state index >= 15 is 0 Å². The van der Waals surface area contributed by atoms with E-state index < -0.39 is 6.10 Å². The molecule has 0 spiro atoms. The maximum Gasteiger partial charge on any atom is 0.306 e. The molecule has 1 atom stereocenters. The van der Waals surface area contributed by atoms with Crippen LogP contribution in [0.1, 0.15) is 168 Å². The topological polar surface area (TPSA) is 72.8 Å². The lowest BCUT2D eigenvalue weighted by Gasteiger charge is -2.15. The summed E-state index contributed by atoms with van der Waals surface area (Å²) in [6, 6.07) is 0. The van der Waals surface area contributed by atoms with Crippen molar-refractivity contribution in [1.29, 1.82) is 0 Å². The molecule has 5 heteroatoms. The van der Waals surface area contributed by atoms with Crippen LogP contribution in [0.25, 0.3) is 0 Å². The summed E-state index contributed by atoms with van der Waals surface area (Å²) >= 11 is 0. The summed E-state index contributed by atoms with van der Waals surface area (Å²) in [5, 5.41) is 9.54. The van der Waals surface area contributed by atoms with Crippen molar-refractivity contribution < 1.29 is 24.2 Å². The van der Waals surface area contributed by atoms with E-state index in [2.05, 4.69) is 74.6 Å². The second kappa shape index (κ2) is 38.8. The van der Waals surface area contributed by atoms with Crippen LogP contribution in [-0.4, -0.2) is 36.4 Å². The molecule has 0 aromatic heterocycles. The summed E-state index contributed by atoms with van der Waals surface area (Å²) in [4.78, 5) is 24.2. The number of unbranched alkanes of at least 4 members (excludes halogenated alkanes) is 14. The van der Waals surface area contributed by atoms with E-state index in [-0.39, 0.29) is 31.6 Å². The lowest BCUT2D eigenvalue weighted by molar-refractivity contribution is -0.161. The number of ether oxygens (including phenoxy) is 2. The van der Waals surface area contributed by atoms with Gasteiger partial charge in [-0.1, -0.05) is 151 Å². The van der Waals surface area contributed by atoms with Gasteiger partial charge in [0.05, 0.1) is 6.61 Å². The van der Waals surface area contributed by atoms with Gasteiger partial charge in [-0.3, -0.25) is 9.59 Å². The highest BCUT2D eigenvalue weighted by atomic mass is 16.6. The first-order valence-corrected chi connectivity index (χ1v) is 19.5. The molecule has 0 unspecified atom stereocenters. The number of hydrogen-bond donors (Lipinski definition) is 1. The normalized spacial score (nSPS) is 13.0. The minimum Gasteiger partial charge on any atom is -0.462 e. The number of aliphatic hydroxyl groups is 1. The Kier molecular flexibility index (Phi) is 36.6. The Morgan fingerprint density at radius 1 is 0.479 bits per heavy atom. The highest BCUT2D eigenvalue weighted by Crippen LogP contribution is 2.11. The molecule has 0 aliphatic heterocycles. The van der Waals surface area contributed by atoms with Crippen molar-refractivity contribution in [3.05, 3.63) is 72.9 Å². The number of allylic oxidation sites excluding steroid dienone is 12. The smallest absolute Gasteiger partial charge is 0.306 e. The van der Waals surface area contributed by atoms with E-state index in [9.17, 15) is 14.7 Å². The van der Waals surface area contributed by atoms with Crippen molar-refractivity contribution in [2.75, 3.05) is 13.2 Å². The zero-order chi connectivity index (χ0) is 35.0. The summed E-state index contributed by atoms with van der Waals surface area (Å²) in [5.41, 5.74) is 0. The summed E-state index contributed by atoms with van der Waals surface area (Å²) in [5.74, 6) is -0.702. The van der Waals surface area contributed by atoms with Crippen LogP contribution in [0.2, 0.25) is 0 Å². The van der Waals surface area contributed by atoms with Gasteiger partial charge in [-0.05, 0) is 77.0 Å². The molecule has 274 valence electrons. The molecule has 0 aromatic rings. The Morgan fingerprint density at radius 3 is 1.40 bits per heavy atom. The maximum absolute atomic E-state index is 12.1. The van der Waals surface area contributed by atoms with Crippen LogP contribution in [0.4, 0.5) is 0 Å². The van der Waals surface area contributed by atoms with Gasteiger partial charge in [0, 0.05) is 12.8 Å². The number of rotatable bonds is 34. The van der Waals surface area contributed by atoms with Gasteiger partial charge in [-0.15, -0.1) is 0 Å². The Balaban J connectivity index is 3.73. The van der Waals surface area contributed by atoms with Gasteiger partial charge in [-0.2, -0.15) is 0 Å². The van der Waals surface area contributed by atoms with Crippen LogP contribution in [0, 0.1) is 0 Å². The molecule has 0 amide bonds. The highest BCUT2D eigenvalue weighted by Gasteiger charge is 2.15.